The van der Waals surface area contributed by atoms with Crippen LogP contribution in [0.1, 0.15) is 70.9 Å². The predicted molar refractivity (Wildman–Crippen MR) is 93.4 cm³/mol. The summed E-state index contributed by atoms with van der Waals surface area (Å²) in [6.45, 7) is 13.1. The van der Waals surface area contributed by atoms with Gasteiger partial charge < -0.3 is 8.92 Å². The average Bonchev–Trinajstić information content (AvgIpc) is 2.46. The summed E-state index contributed by atoms with van der Waals surface area (Å²) in [6, 6.07) is 6.48. The van der Waals surface area contributed by atoms with Gasteiger partial charge in [0.25, 0.3) is 0 Å². The Morgan fingerprint density at radius 2 is 1.52 bits per heavy atom. The molecule has 0 bridgehead atoms. The van der Waals surface area contributed by atoms with E-state index in [0.717, 1.165) is 12.2 Å². The zero-order valence-corrected chi connectivity index (χ0v) is 15.3. The molecule has 3 heteroatoms. The van der Waals surface area contributed by atoms with Gasteiger partial charge in [0.15, 0.2) is 0 Å². The molecule has 2 unspecified atom stereocenters. The van der Waals surface area contributed by atoms with Gasteiger partial charge in [-0.2, -0.15) is 0 Å². The van der Waals surface area contributed by atoms with Gasteiger partial charge in [0.1, 0.15) is 5.75 Å². The average molecular weight is 311 g/mol. The van der Waals surface area contributed by atoms with Crippen molar-refractivity contribution >= 4 is 12.0 Å². The second-order valence-electron chi connectivity index (χ2n) is 6.14. The van der Waals surface area contributed by atoms with Gasteiger partial charge in [-0.3, -0.25) is 0 Å². The van der Waals surface area contributed by atoms with Crippen LogP contribution in [0.2, 0.25) is 0 Å². The third-order valence-corrected chi connectivity index (χ3v) is 5.10. The number of para-hydroxylation sites is 1. The molecule has 0 aliphatic rings. The number of hydrogen-bond acceptors (Lipinski definition) is 3. The van der Waals surface area contributed by atoms with Crippen molar-refractivity contribution < 1.29 is 8.92 Å². The summed E-state index contributed by atoms with van der Waals surface area (Å²) in [7, 11) is 1.76. The van der Waals surface area contributed by atoms with Crippen molar-refractivity contribution in [3.63, 3.8) is 0 Å². The highest BCUT2D eigenvalue weighted by molar-refractivity contribution is 7.95. The van der Waals surface area contributed by atoms with E-state index in [2.05, 4.69) is 59.7 Å². The molecular formula is C18H30O2S. The molecule has 0 amide bonds. The molecule has 0 saturated carbocycles. The fourth-order valence-corrected chi connectivity index (χ4v) is 3.13. The second kappa shape index (κ2) is 8.70. The highest BCUT2D eigenvalue weighted by Crippen LogP contribution is 2.37. The van der Waals surface area contributed by atoms with E-state index >= 15 is 0 Å². The Hall–Kier alpha value is -0.670. The predicted octanol–water partition coefficient (Wildman–Crippen LogP) is 5.77. The summed E-state index contributed by atoms with van der Waals surface area (Å²) in [6.07, 6.45) is 1.22. The van der Waals surface area contributed by atoms with Crippen LogP contribution in [0.25, 0.3) is 0 Å². The monoisotopic (exact) mass is 310 g/mol. The van der Waals surface area contributed by atoms with E-state index in [1.807, 2.05) is 0 Å². The van der Waals surface area contributed by atoms with Crippen LogP contribution in [0.3, 0.4) is 0 Å². The maximum Gasteiger partial charge on any atom is 0.144 e. The lowest BCUT2D eigenvalue weighted by atomic mass is 9.94. The molecule has 0 heterocycles. The zero-order chi connectivity index (χ0) is 16.0. The van der Waals surface area contributed by atoms with Gasteiger partial charge in [-0.15, -0.1) is 0 Å². The number of ether oxygens (including phenoxy) is 1. The van der Waals surface area contributed by atoms with Crippen LogP contribution in [0, 0.1) is 0 Å². The Bertz CT molecular complexity index is 403. The van der Waals surface area contributed by atoms with Crippen LogP contribution < -0.4 is 4.18 Å². The molecule has 0 N–H and O–H groups in total. The molecule has 0 radical (unpaired) electrons. The van der Waals surface area contributed by atoms with Crippen LogP contribution in [-0.4, -0.2) is 18.5 Å². The molecule has 1 aromatic rings. The van der Waals surface area contributed by atoms with Crippen molar-refractivity contribution in [3.8, 4) is 5.75 Å². The summed E-state index contributed by atoms with van der Waals surface area (Å²) < 4.78 is 11.6. The summed E-state index contributed by atoms with van der Waals surface area (Å²) >= 11 is 1.55. The summed E-state index contributed by atoms with van der Waals surface area (Å²) in [5.41, 5.74) is 2.57. The van der Waals surface area contributed by atoms with Crippen LogP contribution >= 0.6 is 12.0 Å². The Morgan fingerprint density at radius 1 is 1.00 bits per heavy atom. The van der Waals surface area contributed by atoms with Crippen molar-refractivity contribution in [3.05, 3.63) is 29.3 Å². The van der Waals surface area contributed by atoms with Gasteiger partial charge >= 0.3 is 0 Å². The van der Waals surface area contributed by atoms with Gasteiger partial charge in [-0.05, 0) is 36.3 Å². The normalized spacial score (nSPS) is 14.5. The highest BCUT2D eigenvalue weighted by Gasteiger charge is 2.21. The molecule has 0 aromatic heterocycles. The lowest BCUT2D eigenvalue weighted by Crippen LogP contribution is -2.22. The van der Waals surface area contributed by atoms with Crippen molar-refractivity contribution in [2.24, 2.45) is 0 Å². The standard InChI is InChI=1S/C18H30O2S/c1-8-17(14(6)19-7)21-20-18-15(12(2)3)10-9-11-16(18)13(4)5/h9-14,17H,8H2,1-7H3. The Morgan fingerprint density at radius 3 is 1.90 bits per heavy atom. The van der Waals surface area contributed by atoms with Crippen LogP contribution in [-0.2, 0) is 4.74 Å². The van der Waals surface area contributed by atoms with E-state index in [1.165, 1.54) is 11.1 Å². The quantitative estimate of drug-likeness (QED) is 0.567. The lowest BCUT2D eigenvalue weighted by molar-refractivity contribution is 0.114. The zero-order valence-electron chi connectivity index (χ0n) is 14.5. The summed E-state index contributed by atoms with van der Waals surface area (Å²) in [4.78, 5) is 0. The van der Waals surface area contributed by atoms with Crippen LogP contribution in [0.5, 0.6) is 5.75 Å². The first-order valence-corrected chi connectivity index (χ1v) is 8.71. The molecule has 1 aromatic carbocycles. The van der Waals surface area contributed by atoms with E-state index in [-0.39, 0.29) is 6.10 Å². The Labute approximate surface area is 134 Å². The molecule has 0 fully saturated rings. The highest BCUT2D eigenvalue weighted by atomic mass is 32.2. The molecule has 2 nitrogen and oxygen atoms in total. The van der Waals surface area contributed by atoms with E-state index < -0.39 is 0 Å². The fourth-order valence-electron chi connectivity index (χ4n) is 2.32. The van der Waals surface area contributed by atoms with Crippen molar-refractivity contribution in [1.29, 1.82) is 0 Å². The minimum atomic E-state index is 0.189. The molecule has 0 aliphatic heterocycles. The van der Waals surface area contributed by atoms with Crippen molar-refractivity contribution in [2.75, 3.05) is 7.11 Å². The summed E-state index contributed by atoms with van der Waals surface area (Å²) in [5, 5.41) is 0.343. The van der Waals surface area contributed by atoms with E-state index in [4.69, 9.17) is 8.92 Å². The summed E-state index contributed by atoms with van der Waals surface area (Å²) in [5.74, 6) is 1.97. The van der Waals surface area contributed by atoms with Gasteiger partial charge in [0, 0.05) is 7.11 Å². The molecule has 0 saturated heterocycles. The van der Waals surface area contributed by atoms with Gasteiger partial charge in [-0.25, -0.2) is 0 Å². The third kappa shape index (κ3) is 4.93. The molecule has 1 rings (SSSR count). The molecule has 2 atom stereocenters. The number of rotatable bonds is 8. The fraction of sp³-hybridized carbons (Fsp3) is 0.667. The smallest absolute Gasteiger partial charge is 0.144 e. The van der Waals surface area contributed by atoms with Crippen molar-refractivity contribution in [2.45, 2.75) is 71.2 Å². The maximum absolute atomic E-state index is 6.20. The van der Waals surface area contributed by atoms with Gasteiger partial charge in [-0.1, -0.05) is 52.8 Å². The lowest BCUT2D eigenvalue weighted by Gasteiger charge is -2.23. The second-order valence-corrected chi connectivity index (χ2v) is 7.11. The van der Waals surface area contributed by atoms with E-state index in [0.29, 0.717) is 17.1 Å². The SMILES string of the molecule is CCC(SOc1c(C(C)C)cccc1C(C)C)C(C)OC. The third-order valence-electron chi connectivity index (χ3n) is 3.87. The van der Waals surface area contributed by atoms with Crippen LogP contribution in [0.4, 0.5) is 0 Å². The largest absolute Gasteiger partial charge is 0.425 e. The molecule has 21 heavy (non-hydrogen) atoms. The molecular weight excluding hydrogens is 280 g/mol. The Balaban J connectivity index is 2.99. The van der Waals surface area contributed by atoms with Gasteiger partial charge in [0.2, 0.25) is 0 Å². The number of hydrogen-bond donors (Lipinski definition) is 0. The maximum atomic E-state index is 6.20. The minimum Gasteiger partial charge on any atom is -0.425 e. The number of benzene rings is 1. The molecule has 0 spiro atoms. The first-order chi connectivity index (χ1) is 9.92. The first-order valence-electron chi connectivity index (χ1n) is 7.91. The minimum absolute atomic E-state index is 0.189. The van der Waals surface area contributed by atoms with Crippen molar-refractivity contribution in [1.82, 2.24) is 0 Å². The Kier molecular flexibility index (Phi) is 7.61. The topological polar surface area (TPSA) is 18.5 Å². The van der Waals surface area contributed by atoms with E-state index in [1.54, 1.807) is 19.2 Å². The molecule has 120 valence electrons. The van der Waals surface area contributed by atoms with E-state index in [9.17, 15) is 0 Å². The van der Waals surface area contributed by atoms with Gasteiger partial charge in [0.05, 0.1) is 23.4 Å². The first kappa shape index (κ1) is 18.4. The molecule has 0 aliphatic carbocycles. The van der Waals surface area contributed by atoms with Crippen LogP contribution in [0.15, 0.2) is 18.2 Å². The number of methoxy groups -OCH3 is 1.